The van der Waals surface area contributed by atoms with Gasteiger partial charge in [0.15, 0.2) is 0 Å². The van der Waals surface area contributed by atoms with Crippen LogP contribution in [0.5, 0.6) is 0 Å². The van der Waals surface area contributed by atoms with Crippen molar-refractivity contribution in [3.8, 4) is 0 Å². The third-order valence-corrected chi connectivity index (χ3v) is 2.48. The zero-order valence-electron chi connectivity index (χ0n) is 8.55. The van der Waals surface area contributed by atoms with Gasteiger partial charge in [0.05, 0.1) is 0 Å². The second-order valence-corrected chi connectivity index (χ2v) is 3.70. The van der Waals surface area contributed by atoms with Gasteiger partial charge in [0.1, 0.15) is 0 Å². The van der Waals surface area contributed by atoms with Crippen molar-refractivity contribution in [3.05, 3.63) is 12.7 Å². The highest BCUT2D eigenvalue weighted by Gasteiger charge is 1.99. The molecule has 1 nitrogen and oxygen atoms in total. The number of unbranched alkanes of at least 4 members (excludes halogenated alkanes) is 1. The van der Waals surface area contributed by atoms with E-state index in [4.69, 9.17) is 5.73 Å². The van der Waals surface area contributed by atoms with E-state index in [1.807, 2.05) is 6.08 Å². The summed E-state index contributed by atoms with van der Waals surface area (Å²) in [5.41, 5.74) is 5.70. The van der Waals surface area contributed by atoms with Crippen LogP contribution < -0.4 is 5.73 Å². The average Bonchev–Trinajstić information content (AvgIpc) is 2.11. The summed E-state index contributed by atoms with van der Waals surface area (Å²) in [4.78, 5) is 0. The minimum atomic E-state index is 0.210. The fourth-order valence-electron chi connectivity index (χ4n) is 1.19. The normalized spacial score (nSPS) is 15.6. The van der Waals surface area contributed by atoms with Gasteiger partial charge in [-0.15, -0.1) is 6.58 Å². The number of nitrogens with two attached hydrogens (primary N) is 1. The van der Waals surface area contributed by atoms with Gasteiger partial charge in [0, 0.05) is 6.04 Å². The van der Waals surface area contributed by atoms with Crippen molar-refractivity contribution < 1.29 is 0 Å². The lowest BCUT2D eigenvalue weighted by molar-refractivity contribution is 0.473. The fraction of sp³-hybridized carbons (Fsp3) is 0.818. The Labute approximate surface area is 77.0 Å². The molecule has 0 aliphatic heterocycles. The molecule has 0 bridgehead atoms. The van der Waals surface area contributed by atoms with Crippen LogP contribution in [0.15, 0.2) is 12.7 Å². The number of hydrogen-bond acceptors (Lipinski definition) is 1. The van der Waals surface area contributed by atoms with Gasteiger partial charge < -0.3 is 5.73 Å². The van der Waals surface area contributed by atoms with Gasteiger partial charge in [-0.25, -0.2) is 0 Å². The first-order chi connectivity index (χ1) is 5.70. The molecule has 0 fully saturated rings. The third-order valence-electron chi connectivity index (χ3n) is 2.48. The molecule has 0 aliphatic carbocycles. The van der Waals surface area contributed by atoms with E-state index in [2.05, 4.69) is 20.4 Å². The Kier molecular flexibility index (Phi) is 7.17. The molecule has 0 aliphatic rings. The van der Waals surface area contributed by atoms with Crippen molar-refractivity contribution >= 4 is 0 Å². The van der Waals surface area contributed by atoms with Crippen molar-refractivity contribution in [2.75, 3.05) is 0 Å². The molecule has 0 amide bonds. The summed E-state index contributed by atoms with van der Waals surface area (Å²) >= 11 is 0. The minimum Gasteiger partial charge on any atom is -0.324 e. The van der Waals surface area contributed by atoms with E-state index in [1.165, 1.54) is 25.7 Å². The first kappa shape index (κ1) is 11.7. The van der Waals surface area contributed by atoms with Crippen LogP contribution in [0.4, 0.5) is 0 Å². The summed E-state index contributed by atoms with van der Waals surface area (Å²) in [5, 5.41) is 0. The SMILES string of the molecule is C=CC(N)CCCCC(C)CC. The van der Waals surface area contributed by atoms with E-state index in [0.717, 1.165) is 12.3 Å². The first-order valence-electron chi connectivity index (χ1n) is 5.08. The van der Waals surface area contributed by atoms with Crippen LogP contribution in [0.2, 0.25) is 0 Å². The second-order valence-electron chi connectivity index (χ2n) is 3.70. The molecule has 0 saturated heterocycles. The molecular weight excluding hydrogens is 146 g/mol. The molecule has 0 saturated carbocycles. The molecule has 0 aromatic carbocycles. The van der Waals surface area contributed by atoms with Crippen LogP contribution in [0.25, 0.3) is 0 Å². The molecule has 1 heteroatoms. The lowest BCUT2D eigenvalue weighted by Crippen LogP contribution is -2.15. The lowest BCUT2D eigenvalue weighted by Gasteiger charge is -2.08. The molecule has 2 atom stereocenters. The highest BCUT2D eigenvalue weighted by molar-refractivity contribution is 4.81. The van der Waals surface area contributed by atoms with Crippen LogP contribution in [-0.2, 0) is 0 Å². The van der Waals surface area contributed by atoms with E-state index < -0.39 is 0 Å². The quantitative estimate of drug-likeness (QED) is 0.460. The highest BCUT2D eigenvalue weighted by Crippen LogP contribution is 2.12. The van der Waals surface area contributed by atoms with Gasteiger partial charge in [0.2, 0.25) is 0 Å². The second kappa shape index (κ2) is 7.35. The summed E-state index contributed by atoms with van der Waals surface area (Å²) in [6.45, 7) is 8.23. The lowest BCUT2D eigenvalue weighted by atomic mass is 10.00. The minimum absolute atomic E-state index is 0.210. The van der Waals surface area contributed by atoms with Crippen LogP contribution in [0, 0.1) is 5.92 Å². The van der Waals surface area contributed by atoms with Gasteiger partial charge >= 0.3 is 0 Å². The van der Waals surface area contributed by atoms with E-state index >= 15 is 0 Å². The topological polar surface area (TPSA) is 26.0 Å². The van der Waals surface area contributed by atoms with Crippen LogP contribution in [0.1, 0.15) is 46.0 Å². The Hall–Kier alpha value is -0.300. The molecule has 2 unspecified atom stereocenters. The van der Waals surface area contributed by atoms with Gasteiger partial charge in [-0.1, -0.05) is 45.6 Å². The van der Waals surface area contributed by atoms with E-state index in [9.17, 15) is 0 Å². The Morgan fingerprint density at radius 2 is 1.92 bits per heavy atom. The molecule has 0 aromatic rings. The monoisotopic (exact) mass is 169 g/mol. The maximum Gasteiger partial charge on any atom is 0.0221 e. The molecule has 0 heterocycles. The average molecular weight is 169 g/mol. The molecule has 2 N–H and O–H groups in total. The van der Waals surface area contributed by atoms with Crippen molar-refractivity contribution in [2.45, 2.75) is 52.0 Å². The fourth-order valence-corrected chi connectivity index (χ4v) is 1.19. The van der Waals surface area contributed by atoms with Crippen LogP contribution >= 0.6 is 0 Å². The molecule has 0 aromatic heterocycles. The molecule has 72 valence electrons. The number of hydrogen-bond donors (Lipinski definition) is 1. The third kappa shape index (κ3) is 6.41. The van der Waals surface area contributed by atoms with Crippen LogP contribution in [0.3, 0.4) is 0 Å². The van der Waals surface area contributed by atoms with Crippen molar-refractivity contribution in [3.63, 3.8) is 0 Å². The predicted octanol–water partition coefficient (Wildman–Crippen LogP) is 3.11. The Morgan fingerprint density at radius 3 is 2.42 bits per heavy atom. The van der Waals surface area contributed by atoms with Crippen LogP contribution in [-0.4, -0.2) is 6.04 Å². The summed E-state index contributed by atoms with van der Waals surface area (Å²) in [7, 11) is 0. The van der Waals surface area contributed by atoms with E-state index in [0.29, 0.717) is 0 Å². The zero-order chi connectivity index (χ0) is 9.40. The molecule has 0 rings (SSSR count). The predicted molar refractivity (Wildman–Crippen MR) is 56.1 cm³/mol. The largest absolute Gasteiger partial charge is 0.324 e. The standard InChI is InChI=1S/C11H23N/c1-4-10(3)8-6-7-9-11(12)5-2/h5,10-11H,2,4,6-9,12H2,1,3H3. The Balaban J connectivity index is 3.15. The molecular formula is C11H23N. The highest BCUT2D eigenvalue weighted by atomic mass is 14.6. The summed E-state index contributed by atoms with van der Waals surface area (Å²) in [6.07, 6.45) is 8.14. The molecule has 0 radical (unpaired) electrons. The van der Waals surface area contributed by atoms with Gasteiger partial charge in [0.25, 0.3) is 0 Å². The Bertz CT molecular complexity index is 110. The first-order valence-corrected chi connectivity index (χ1v) is 5.08. The van der Waals surface area contributed by atoms with Crippen molar-refractivity contribution in [1.29, 1.82) is 0 Å². The maximum absolute atomic E-state index is 5.70. The van der Waals surface area contributed by atoms with Crippen molar-refractivity contribution in [2.24, 2.45) is 11.7 Å². The van der Waals surface area contributed by atoms with Gasteiger partial charge in [-0.2, -0.15) is 0 Å². The van der Waals surface area contributed by atoms with E-state index in [-0.39, 0.29) is 6.04 Å². The van der Waals surface area contributed by atoms with Gasteiger partial charge in [-0.05, 0) is 12.3 Å². The number of rotatable bonds is 7. The molecule has 12 heavy (non-hydrogen) atoms. The van der Waals surface area contributed by atoms with Crippen molar-refractivity contribution in [1.82, 2.24) is 0 Å². The molecule has 0 spiro atoms. The Morgan fingerprint density at radius 1 is 1.33 bits per heavy atom. The summed E-state index contributed by atoms with van der Waals surface area (Å²) < 4.78 is 0. The summed E-state index contributed by atoms with van der Waals surface area (Å²) in [5.74, 6) is 0.880. The maximum atomic E-state index is 5.70. The van der Waals surface area contributed by atoms with Gasteiger partial charge in [-0.3, -0.25) is 0 Å². The summed E-state index contributed by atoms with van der Waals surface area (Å²) in [6, 6.07) is 0.210. The zero-order valence-corrected chi connectivity index (χ0v) is 8.55. The van der Waals surface area contributed by atoms with E-state index in [1.54, 1.807) is 0 Å². The smallest absolute Gasteiger partial charge is 0.0221 e.